The number of hydroxylamine groups is 2. The highest BCUT2D eigenvalue weighted by Gasteiger charge is 2.35. The van der Waals surface area contributed by atoms with Gasteiger partial charge in [-0.3, -0.25) is 15.0 Å². The van der Waals surface area contributed by atoms with Crippen molar-refractivity contribution in [2.24, 2.45) is 5.73 Å². The van der Waals surface area contributed by atoms with Gasteiger partial charge in [-0.1, -0.05) is 73.3 Å². The Labute approximate surface area is 255 Å². The fourth-order valence-corrected chi connectivity index (χ4v) is 4.94. The first-order valence-corrected chi connectivity index (χ1v) is 13.8. The van der Waals surface area contributed by atoms with Gasteiger partial charge in [-0.25, -0.2) is 9.86 Å². The lowest BCUT2D eigenvalue weighted by molar-refractivity contribution is -0.139. The number of primary amides is 1. The van der Waals surface area contributed by atoms with E-state index < -0.39 is 17.8 Å². The molecule has 43 heavy (non-hydrogen) atoms. The predicted octanol–water partition coefficient (Wildman–Crippen LogP) is 6.29. The predicted molar refractivity (Wildman–Crippen MR) is 161 cm³/mol. The first-order chi connectivity index (χ1) is 20.1. The molecule has 0 saturated carbocycles. The SMILES string of the molecule is C.NC(=O)N(O)CCC#Cc1ccc(OCCN2CCN([C@H](c3ccccc3)c3ccc(Cl)cc3)CC2)c(C(F)(F)F)c1. The van der Waals surface area contributed by atoms with Crippen LogP contribution in [0.3, 0.4) is 0 Å². The lowest BCUT2D eigenvalue weighted by Crippen LogP contribution is -2.48. The molecule has 1 aliphatic rings. The number of alkyl halides is 3. The van der Waals surface area contributed by atoms with Crippen LogP contribution in [0.4, 0.5) is 18.0 Å². The number of carbonyl (C=O) groups excluding carboxylic acids is 1. The second-order valence-corrected chi connectivity index (χ2v) is 10.2. The lowest BCUT2D eigenvalue weighted by atomic mass is 9.96. The van der Waals surface area contributed by atoms with Gasteiger partial charge in [0.25, 0.3) is 0 Å². The van der Waals surface area contributed by atoms with E-state index in [0.717, 1.165) is 37.8 Å². The molecule has 0 spiro atoms. The molecule has 230 valence electrons. The number of piperazine rings is 1. The van der Waals surface area contributed by atoms with E-state index in [9.17, 15) is 23.2 Å². The number of benzene rings is 3. The van der Waals surface area contributed by atoms with Crippen LogP contribution >= 0.6 is 11.6 Å². The van der Waals surface area contributed by atoms with E-state index in [1.54, 1.807) is 0 Å². The molecule has 3 aromatic rings. The topological polar surface area (TPSA) is 82.3 Å². The number of amides is 2. The van der Waals surface area contributed by atoms with Gasteiger partial charge in [0, 0.05) is 49.7 Å². The molecule has 0 unspecified atom stereocenters. The zero-order valence-electron chi connectivity index (χ0n) is 22.9. The van der Waals surface area contributed by atoms with E-state index in [0.29, 0.717) is 11.6 Å². The van der Waals surface area contributed by atoms with E-state index in [1.807, 2.05) is 42.5 Å². The highest BCUT2D eigenvalue weighted by molar-refractivity contribution is 6.30. The molecule has 3 aromatic carbocycles. The van der Waals surface area contributed by atoms with E-state index in [2.05, 4.69) is 33.8 Å². The van der Waals surface area contributed by atoms with E-state index >= 15 is 0 Å². The maximum atomic E-state index is 13.8. The summed E-state index contributed by atoms with van der Waals surface area (Å²) in [7, 11) is 0. The van der Waals surface area contributed by atoms with Crippen LogP contribution in [-0.4, -0.2) is 72.0 Å². The minimum absolute atomic E-state index is 0. The van der Waals surface area contributed by atoms with Gasteiger partial charge in [0.2, 0.25) is 0 Å². The van der Waals surface area contributed by atoms with Gasteiger partial charge >= 0.3 is 12.2 Å². The molecule has 0 bridgehead atoms. The Morgan fingerprint density at radius 1 is 1.02 bits per heavy atom. The maximum absolute atomic E-state index is 13.8. The van der Waals surface area contributed by atoms with Gasteiger partial charge in [-0.05, 0) is 41.5 Å². The van der Waals surface area contributed by atoms with Crippen molar-refractivity contribution < 1.29 is 27.9 Å². The molecule has 7 nitrogen and oxygen atoms in total. The average Bonchev–Trinajstić information content (AvgIpc) is 2.97. The van der Waals surface area contributed by atoms with Gasteiger partial charge < -0.3 is 10.5 Å². The Balaban J connectivity index is 0.00000506. The van der Waals surface area contributed by atoms with E-state index in [-0.39, 0.29) is 49.4 Å². The van der Waals surface area contributed by atoms with Crippen molar-refractivity contribution in [1.29, 1.82) is 0 Å². The second-order valence-electron chi connectivity index (χ2n) is 9.81. The molecule has 0 aromatic heterocycles. The van der Waals surface area contributed by atoms with E-state index in [4.69, 9.17) is 22.1 Å². The average molecular weight is 617 g/mol. The van der Waals surface area contributed by atoms with E-state index in [1.165, 1.54) is 17.7 Å². The Hall–Kier alpha value is -3.75. The summed E-state index contributed by atoms with van der Waals surface area (Å²) in [6, 6.07) is 20.8. The Morgan fingerprint density at radius 2 is 1.67 bits per heavy atom. The third-order valence-corrected chi connectivity index (χ3v) is 7.21. The molecule has 3 N–H and O–H groups in total. The summed E-state index contributed by atoms with van der Waals surface area (Å²) < 4.78 is 46.9. The number of ether oxygens (including phenoxy) is 1. The highest BCUT2D eigenvalue weighted by atomic mass is 35.5. The largest absolute Gasteiger partial charge is 0.492 e. The molecule has 2 amide bonds. The van der Waals surface area contributed by atoms with Crippen LogP contribution in [-0.2, 0) is 6.18 Å². The van der Waals surface area contributed by atoms with Crippen LogP contribution in [0.15, 0.2) is 72.8 Å². The molecule has 1 atom stereocenters. The number of carbonyl (C=O) groups is 1. The lowest BCUT2D eigenvalue weighted by Gasteiger charge is -2.39. The summed E-state index contributed by atoms with van der Waals surface area (Å²) in [6.45, 7) is 3.52. The number of nitrogens with two attached hydrogens (primary N) is 1. The zero-order valence-corrected chi connectivity index (χ0v) is 23.6. The van der Waals surface area contributed by atoms with Crippen molar-refractivity contribution in [2.45, 2.75) is 26.1 Å². The van der Waals surface area contributed by atoms with Crippen LogP contribution in [0.2, 0.25) is 5.02 Å². The third kappa shape index (κ3) is 9.63. The maximum Gasteiger partial charge on any atom is 0.420 e. The molecule has 0 aliphatic carbocycles. The molecule has 1 saturated heterocycles. The Bertz CT molecular complexity index is 1390. The van der Waals surface area contributed by atoms with Crippen molar-refractivity contribution in [3.8, 4) is 17.6 Å². The van der Waals surface area contributed by atoms with Crippen molar-refractivity contribution in [3.63, 3.8) is 0 Å². The van der Waals surface area contributed by atoms with Gasteiger partial charge in [-0.2, -0.15) is 13.2 Å². The van der Waals surface area contributed by atoms with Crippen LogP contribution in [0.5, 0.6) is 5.75 Å². The Kier molecular flexibility index (Phi) is 12.3. The molecule has 1 fully saturated rings. The summed E-state index contributed by atoms with van der Waals surface area (Å²) >= 11 is 6.12. The molecular formula is C32H36ClF3N4O3. The smallest absolute Gasteiger partial charge is 0.420 e. The molecule has 0 radical (unpaired) electrons. The van der Waals surface area contributed by atoms with Gasteiger partial charge in [0.05, 0.1) is 18.2 Å². The minimum Gasteiger partial charge on any atom is -0.492 e. The number of halogens is 4. The number of hydrogen-bond donors (Lipinski definition) is 2. The fourth-order valence-electron chi connectivity index (χ4n) is 4.82. The van der Waals surface area contributed by atoms with Crippen LogP contribution in [0.25, 0.3) is 0 Å². The first kappa shape index (κ1) is 33.7. The van der Waals surface area contributed by atoms with Gasteiger partial charge in [-0.15, -0.1) is 0 Å². The fraction of sp³-hybridized carbons (Fsp3) is 0.344. The summed E-state index contributed by atoms with van der Waals surface area (Å²) in [4.78, 5) is 15.4. The first-order valence-electron chi connectivity index (χ1n) is 13.5. The van der Waals surface area contributed by atoms with Crippen LogP contribution in [0.1, 0.15) is 42.1 Å². The van der Waals surface area contributed by atoms with Crippen molar-refractivity contribution in [2.75, 3.05) is 45.9 Å². The number of nitrogens with zero attached hydrogens (tertiary/aromatic N) is 3. The minimum atomic E-state index is -4.62. The second kappa shape index (κ2) is 15.6. The third-order valence-electron chi connectivity index (χ3n) is 6.96. The summed E-state index contributed by atoms with van der Waals surface area (Å²) in [5.41, 5.74) is 6.48. The quantitative estimate of drug-likeness (QED) is 0.168. The van der Waals surface area contributed by atoms with Crippen molar-refractivity contribution in [1.82, 2.24) is 14.9 Å². The molecular weight excluding hydrogens is 581 g/mol. The highest BCUT2D eigenvalue weighted by Crippen LogP contribution is 2.37. The summed E-state index contributed by atoms with van der Waals surface area (Å²) in [6.07, 6.45) is -4.58. The monoisotopic (exact) mass is 616 g/mol. The Morgan fingerprint density at radius 3 is 2.30 bits per heavy atom. The summed E-state index contributed by atoms with van der Waals surface area (Å²) in [5, 5.41) is 10.2. The van der Waals surface area contributed by atoms with Gasteiger partial charge in [0.15, 0.2) is 0 Å². The molecule has 4 rings (SSSR count). The van der Waals surface area contributed by atoms with Crippen LogP contribution < -0.4 is 10.5 Å². The number of rotatable bonds is 9. The van der Waals surface area contributed by atoms with Crippen molar-refractivity contribution in [3.05, 3.63) is 100 Å². The normalized spacial score (nSPS) is 14.6. The molecule has 11 heteroatoms. The zero-order chi connectivity index (χ0) is 30.1. The summed E-state index contributed by atoms with van der Waals surface area (Å²) in [5.74, 6) is 4.98. The van der Waals surface area contributed by atoms with Crippen molar-refractivity contribution >= 4 is 17.6 Å². The van der Waals surface area contributed by atoms with Crippen LogP contribution in [0, 0.1) is 11.8 Å². The number of hydrogen-bond acceptors (Lipinski definition) is 5. The number of urea groups is 1. The van der Waals surface area contributed by atoms with Gasteiger partial charge in [0.1, 0.15) is 12.4 Å². The standard InChI is InChI=1S/C31H32ClF3N4O3.CH4/c32-26-12-10-25(11-13-26)29(24-7-2-1-3-8-24)38-18-16-37(17-19-38)20-21-42-28-14-9-23(22-27(28)31(33,34)35)6-4-5-15-39(41)30(36)40;/h1-3,7-14,22,29,41H,5,15-21H2,(H2,36,40);1H4/t29-;/m1./s1. The molecule has 1 heterocycles. The molecule has 1 aliphatic heterocycles.